The van der Waals surface area contributed by atoms with Gasteiger partial charge in [-0.15, -0.1) is 0 Å². The zero-order chi connectivity index (χ0) is 19.1. The summed E-state index contributed by atoms with van der Waals surface area (Å²) in [5.41, 5.74) is -0.542. The molecule has 1 aliphatic rings. The van der Waals surface area contributed by atoms with E-state index in [1.807, 2.05) is 5.32 Å². The zero-order valence-corrected chi connectivity index (χ0v) is 13.2. The number of nitrogens with one attached hydrogen (secondary N) is 2. The minimum atomic E-state index is -5.20. The normalized spacial score (nSPS) is 18.5. The molecule has 1 aliphatic heterocycles. The number of rotatable bonds is 2. The molecule has 0 radical (unpaired) electrons. The molecule has 1 unspecified atom stereocenters. The van der Waals surface area contributed by atoms with Crippen molar-refractivity contribution in [2.75, 3.05) is 5.32 Å². The minimum absolute atomic E-state index is 0.0863. The van der Waals surface area contributed by atoms with E-state index in [1.54, 1.807) is 0 Å². The lowest BCUT2D eigenvalue weighted by Crippen LogP contribution is -2.65. The van der Waals surface area contributed by atoms with Gasteiger partial charge in [0.2, 0.25) is 0 Å². The number of hydrogen-bond donors (Lipinski definition) is 2. The number of halogens is 6. The molecule has 5 nitrogen and oxygen atoms in total. The molecule has 11 heteroatoms. The molecule has 1 atom stereocenters. The molecule has 2 aromatic rings. The van der Waals surface area contributed by atoms with Crippen LogP contribution in [0.2, 0.25) is 5.02 Å². The van der Waals surface area contributed by atoms with Crippen molar-refractivity contribution in [3.8, 4) is 11.5 Å². The van der Waals surface area contributed by atoms with Crippen molar-refractivity contribution in [2.24, 2.45) is 0 Å². The summed E-state index contributed by atoms with van der Waals surface area (Å²) in [4.78, 5) is 11.9. The topological polar surface area (TPSA) is 59.6 Å². The Labute approximate surface area is 147 Å². The van der Waals surface area contributed by atoms with E-state index in [0.717, 1.165) is 24.3 Å². The van der Waals surface area contributed by atoms with Gasteiger partial charge in [0.05, 0.1) is 5.69 Å². The minimum Gasteiger partial charge on any atom is -0.424 e. The van der Waals surface area contributed by atoms with Crippen molar-refractivity contribution in [2.45, 2.75) is 12.1 Å². The van der Waals surface area contributed by atoms with Gasteiger partial charge in [-0.05, 0) is 24.3 Å². The van der Waals surface area contributed by atoms with Gasteiger partial charge in [-0.2, -0.15) is 13.2 Å². The number of anilines is 1. The van der Waals surface area contributed by atoms with Gasteiger partial charge in [-0.1, -0.05) is 11.6 Å². The first-order valence-electron chi connectivity index (χ1n) is 6.88. The standard InChI is InChI=1S/C15H8ClF5N2O3/c16-7-1-4-11-12(5-7)26-15(25-11,14(19,20)21)23-13(24)22-10-3-2-8(17)6-9(10)18/h1-6H,(H2,22,23,24). The number of alkyl halides is 3. The van der Waals surface area contributed by atoms with Crippen molar-refractivity contribution in [3.63, 3.8) is 0 Å². The third-order valence-corrected chi connectivity index (χ3v) is 3.48. The first kappa shape index (κ1) is 18.1. The predicted molar refractivity (Wildman–Crippen MR) is 80.0 cm³/mol. The quantitative estimate of drug-likeness (QED) is 0.741. The summed E-state index contributed by atoms with van der Waals surface area (Å²) in [5, 5.41) is 3.37. The third-order valence-electron chi connectivity index (χ3n) is 3.24. The molecular formula is C15H8ClF5N2O3. The summed E-state index contributed by atoms with van der Waals surface area (Å²) < 4.78 is 76.2. The van der Waals surface area contributed by atoms with Gasteiger partial charge in [0.25, 0.3) is 0 Å². The molecule has 2 amide bonds. The number of urea groups is 1. The lowest BCUT2D eigenvalue weighted by molar-refractivity contribution is -0.317. The van der Waals surface area contributed by atoms with Crippen molar-refractivity contribution < 1.29 is 36.2 Å². The Morgan fingerprint density at radius 1 is 1.04 bits per heavy atom. The van der Waals surface area contributed by atoms with E-state index in [2.05, 4.69) is 0 Å². The second-order valence-corrected chi connectivity index (χ2v) is 5.55. The van der Waals surface area contributed by atoms with Gasteiger partial charge in [0.15, 0.2) is 11.5 Å². The summed E-state index contributed by atoms with van der Waals surface area (Å²) in [6, 6.07) is 4.09. The number of benzene rings is 2. The average molecular weight is 395 g/mol. The van der Waals surface area contributed by atoms with Crippen LogP contribution < -0.4 is 20.1 Å². The van der Waals surface area contributed by atoms with Crippen molar-refractivity contribution in [1.82, 2.24) is 5.32 Å². The predicted octanol–water partition coefficient (Wildman–Crippen LogP) is 4.43. The van der Waals surface area contributed by atoms with Crippen molar-refractivity contribution >= 4 is 23.3 Å². The summed E-state index contributed by atoms with van der Waals surface area (Å²) in [7, 11) is 0. The highest BCUT2D eigenvalue weighted by molar-refractivity contribution is 6.30. The van der Waals surface area contributed by atoms with Crippen molar-refractivity contribution in [1.29, 1.82) is 0 Å². The molecule has 26 heavy (non-hydrogen) atoms. The Kier molecular flexibility index (Phi) is 4.31. The highest BCUT2D eigenvalue weighted by Gasteiger charge is 2.65. The van der Waals surface area contributed by atoms with E-state index in [1.165, 1.54) is 11.4 Å². The first-order chi connectivity index (χ1) is 12.1. The summed E-state index contributed by atoms with van der Waals surface area (Å²) in [5.74, 6) is -6.29. The fourth-order valence-electron chi connectivity index (χ4n) is 2.11. The molecule has 0 aliphatic carbocycles. The Balaban J connectivity index is 1.83. The van der Waals surface area contributed by atoms with Crippen LogP contribution in [-0.2, 0) is 0 Å². The number of amides is 2. The summed E-state index contributed by atoms with van der Waals surface area (Å²) >= 11 is 5.69. The zero-order valence-electron chi connectivity index (χ0n) is 12.5. The molecular weight excluding hydrogens is 387 g/mol. The number of hydrogen-bond acceptors (Lipinski definition) is 3. The van der Waals surface area contributed by atoms with Crippen LogP contribution >= 0.6 is 11.6 Å². The number of carbonyl (C=O) groups excluding carboxylic acids is 1. The molecule has 0 saturated heterocycles. The Morgan fingerprint density at radius 3 is 2.38 bits per heavy atom. The van der Waals surface area contributed by atoms with E-state index in [0.29, 0.717) is 6.07 Å². The lowest BCUT2D eigenvalue weighted by Gasteiger charge is -2.29. The van der Waals surface area contributed by atoms with Crippen LogP contribution in [0.25, 0.3) is 0 Å². The molecule has 2 N–H and O–H groups in total. The van der Waals surface area contributed by atoms with Crippen LogP contribution in [-0.4, -0.2) is 18.1 Å². The monoisotopic (exact) mass is 394 g/mol. The van der Waals surface area contributed by atoms with E-state index < -0.39 is 35.4 Å². The van der Waals surface area contributed by atoms with Gasteiger partial charge in [-0.25, -0.2) is 13.6 Å². The molecule has 1 heterocycles. The molecule has 0 spiro atoms. The van der Waals surface area contributed by atoms with Gasteiger partial charge in [0, 0.05) is 17.2 Å². The van der Waals surface area contributed by atoms with Crippen LogP contribution in [0, 0.1) is 11.6 Å². The maximum Gasteiger partial charge on any atom is 0.492 e. The fraction of sp³-hybridized carbons (Fsp3) is 0.133. The molecule has 3 rings (SSSR count). The lowest BCUT2D eigenvalue weighted by atomic mass is 10.3. The molecule has 0 bridgehead atoms. The first-order valence-corrected chi connectivity index (χ1v) is 7.26. The number of carbonyl (C=O) groups is 1. The molecule has 2 aromatic carbocycles. The van der Waals surface area contributed by atoms with E-state index >= 15 is 0 Å². The number of ether oxygens (including phenoxy) is 2. The van der Waals surface area contributed by atoms with Crippen molar-refractivity contribution in [3.05, 3.63) is 53.1 Å². The maximum atomic E-state index is 13.5. The van der Waals surface area contributed by atoms with Gasteiger partial charge >= 0.3 is 18.1 Å². The van der Waals surface area contributed by atoms with Gasteiger partial charge in [0.1, 0.15) is 11.6 Å². The molecule has 0 saturated carbocycles. The number of fused-ring (bicyclic) bond motifs is 1. The Morgan fingerprint density at radius 2 is 1.73 bits per heavy atom. The van der Waals surface area contributed by atoms with Crippen LogP contribution in [0.1, 0.15) is 0 Å². The maximum absolute atomic E-state index is 13.5. The van der Waals surface area contributed by atoms with E-state index in [9.17, 15) is 26.7 Å². The Hall–Kier alpha value is -2.75. The van der Waals surface area contributed by atoms with Crippen LogP contribution in [0.15, 0.2) is 36.4 Å². The second-order valence-electron chi connectivity index (χ2n) is 5.11. The summed E-state index contributed by atoms with van der Waals surface area (Å²) in [6.45, 7) is 0. The van der Waals surface area contributed by atoms with E-state index in [-0.39, 0.29) is 16.5 Å². The van der Waals surface area contributed by atoms with Gasteiger partial charge in [-0.3, -0.25) is 5.32 Å². The molecule has 0 fully saturated rings. The second kappa shape index (κ2) is 6.20. The van der Waals surface area contributed by atoms with E-state index in [4.69, 9.17) is 21.1 Å². The van der Waals surface area contributed by atoms with Crippen LogP contribution in [0.3, 0.4) is 0 Å². The highest BCUT2D eigenvalue weighted by atomic mass is 35.5. The largest absolute Gasteiger partial charge is 0.492 e. The Bertz CT molecular complexity index is 877. The third kappa shape index (κ3) is 3.32. The summed E-state index contributed by atoms with van der Waals surface area (Å²) in [6.07, 6.45) is -5.20. The molecule has 0 aromatic heterocycles. The van der Waals surface area contributed by atoms with Crippen LogP contribution in [0.4, 0.5) is 32.4 Å². The SMILES string of the molecule is O=C(Nc1ccc(F)cc1F)NC1(C(F)(F)F)Oc2ccc(Cl)cc2O1. The van der Waals surface area contributed by atoms with Crippen LogP contribution in [0.5, 0.6) is 11.5 Å². The average Bonchev–Trinajstić information content (AvgIpc) is 2.88. The highest BCUT2D eigenvalue weighted by Crippen LogP contribution is 2.46. The molecule has 138 valence electrons. The fourth-order valence-corrected chi connectivity index (χ4v) is 2.27. The smallest absolute Gasteiger partial charge is 0.424 e. The van der Waals surface area contributed by atoms with Gasteiger partial charge < -0.3 is 14.8 Å².